The smallest absolute Gasteiger partial charge is 0.0349 e. The average molecular weight is 274 g/mol. The van der Waals surface area contributed by atoms with Gasteiger partial charge in [0.15, 0.2) is 0 Å². The summed E-state index contributed by atoms with van der Waals surface area (Å²) in [5, 5.41) is 3.47. The molecule has 1 heterocycles. The van der Waals surface area contributed by atoms with Gasteiger partial charge in [-0.2, -0.15) is 0 Å². The molecule has 1 fully saturated rings. The molecule has 0 saturated carbocycles. The summed E-state index contributed by atoms with van der Waals surface area (Å²) in [4.78, 5) is 2.68. The summed E-state index contributed by atoms with van der Waals surface area (Å²) in [6.07, 6.45) is 5.31. The lowest BCUT2D eigenvalue weighted by atomic mass is 9.95. The fourth-order valence-electron chi connectivity index (χ4n) is 3.34. The third-order valence-corrected chi connectivity index (χ3v) is 4.30. The van der Waals surface area contributed by atoms with Gasteiger partial charge in [0.2, 0.25) is 0 Å². The number of benzene rings is 1. The second-order valence-electron chi connectivity index (χ2n) is 6.22. The molecule has 1 aromatic rings. The molecule has 1 aliphatic rings. The Bertz CT molecular complexity index is 388. The minimum absolute atomic E-state index is 0.613. The third-order valence-electron chi connectivity index (χ3n) is 4.30. The van der Waals surface area contributed by atoms with Crippen LogP contribution in [0.2, 0.25) is 0 Å². The molecule has 0 radical (unpaired) electrons. The van der Waals surface area contributed by atoms with Gasteiger partial charge in [-0.1, -0.05) is 55.5 Å². The van der Waals surface area contributed by atoms with E-state index in [-0.39, 0.29) is 0 Å². The van der Waals surface area contributed by atoms with Crippen molar-refractivity contribution in [2.45, 2.75) is 52.5 Å². The lowest BCUT2D eigenvalue weighted by molar-refractivity contribution is 0.162. The average Bonchev–Trinajstić information content (AvgIpc) is 2.43. The van der Waals surface area contributed by atoms with Crippen molar-refractivity contribution < 1.29 is 0 Å². The first-order valence-electron chi connectivity index (χ1n) is 8.23. The number of unbranched alkanes of at least 4 members (excludes halogenated alkanes) is 2. The number of piperazine rings is 1. The first-order valence-corrected chi connectivity index (χ1v) is 8.23. The fourth-order valence-corrected chi connectivity index (χ4v) is 3.34. The quantitative estimate of drug-likeness (QED) is 0.793. The Morgan fingerprint density at radius 3 is 2.30 bits per heavy atom. The molecule has 0 aromatic heterocycles. The number of hydrogen-bond acceptors (Lipinski definition) is 2. The Kier molecular flexibility index (Phi) is 6.06. The van der Waals surface area contributed by atoms with Crippen LogP contribution in [0.3, 0.4) is 0 Å². The van der Waals surface area contributed by atoms with E-state index in [4.69, 9.17) is 0 Å². The van der Waals surface area contributed by atoms with Crippen molar-refractivity contribution in [2.75, 3.05) is 26.2 Å². The lowest BCUT2D eigenvalue weighted by Gasteiger charge is -2.35. The van der Waals surface area contributed by atoms with E-state index in [0.717, 1.165) is 13.1 Å². The number of hydrogen-bond donors (Lipinski definition) is 1. The van der Waals surface area contributed by atoms with Crippen molar-refractivity contribution in [1.29, 1.82) is 0 Å². The topological polar surface area (TPSA) is 15.3 Å². The Morgan fingerprint density at radius 1 is 1.05 bits per heavy atom. The van der Waals surface area contributed by atoms with E-state index < -0.39 is 0 Å². The van der Waals surface area contributed by atoms with Gasteiger partial charge < -0.3 is 5.32 Å². The molecule has 1 saturated heterocycles. The zero-order chi connectivity index (χ0) is 14.4. The predicted octanol–water partition coefficient (Wildman–Crippen LogP) is 3.83. The van der Waals surface area contributed by atoms with Crippen molar-refractivity contribution in [2.24, 2.45) is 0 Å². The van der Waals surface area contributed by atoms with Crippen LogP contribution < -0.4 is 5.32 Å². The first kappa shape index (κ1) is 15.5. The van der Waals surface area contributed by atoms with Gasteiger partial charge in [0.1, 0.15) is 0 Å². The summed E-state index contributed by atoms with van der Waals surface area (Å²) in [6.45, 7) is 11.4. The van der Waals surface area contributed by atoms with Gasteiger partial charge in [-0.05, 0) is 25.8 Å². The maximum Gasteiger partial charge on any atom is 0.0349 e. The third kappa shape index (κ3) is 4.32. The van der Waals surface area contributed by atoms with E-state index in [2.05, 4.69) is 49.2 Å². The standard InChI is InChI=1S/C18H30N2/c1-4-5-6-7-18(20-10-8-19-9-11-20)17-13-15(2)12-16(3)14-17/h12-14,18-19H,4-11H2,1-3H3/t18-/m0/s1. The van der Waals surface area contributed by atoms with Gasteiger partial charge in [-0.3, -0.25) is 4.90 Å². The van der Waals surface area contributed by atoms with E-state index in [0.29, 0.717) is 6.04 Å². The van der Waals surface area contributed by atoms with Crippen molar-refractivity contribution >= 4 is 0 Å². The highest BCUT2D eigenvalue weighted by molar-refractivity contribution is 5.30. The Balaban J connectivity index is 2.15. The largest absolute Gasteiger partial charge is 0.314 e. The second-order valence-corrected chi connectivity index (χ2v) is 6.22. The molecule has 1 aromatic carbocycles. The molecule has 2 nitrogen and oxygen atoms in total. The molecule has 1 N–H and O–H groups in total. The minimum atomic E-state index is 0.613. The molecule has 0 amide bonds. The Morgan fingerprint density at radius 2 is 1.70 bits per heavy atom. The summed E-state index contributed by atoms with van der Waals surface area (Å²) >= 11 is 0. The van der Waals surface area contributed by atoms with Crippen molar-refractivity contribution in [3.8, 4) is 0 Å². The summed E-state index contributed by atoms with van der Waals surface area (Å²) in [5.41, 5.74) is 4.33. The Labute approximate surface area is 124 Å². The molecule has 2 heteroatoms. The van der Waals surface area contributed by atoms with Gasteiger partial charge in [0.05, 0.1) is 0 Å². The summed E-state index contributed by atoms with van der Waals surface area (Å²) in [5.74, 6) is 0. The zero-order valence-corrected chi connectivity index (χ0v) is 13.4. The van der Waals surface area contributed by atoms with Gasteiger partial charge >= 0.3 is 0 Å². The van der Waals surface area contributed by atoms with Crippen LogP contribution in [0.25, 0.3) is 0 Å². The van der Waals surface area contributed by atoms with Crippen LogP contribution in [-0.4, -0.2) is 31.1 Å². The van der Waals surface area contributed by atoms with E-state index in [9.17, 15) is 0 Å². The molecule has 0 unspecified atom stereocenters. The van der Waals surface area contributed by atoms with Crippen LogP contribution in [-0.2, 0) is 0 Å². The monoisotopic (exact) mass is 274 g/mol. The molecule has 2 rings (SSSR count). The summed E-state index contributed by atoms with van der Waals surface area (Å²) in [6, 6.07) is 7.68. The summed E-state index contributed by atoms with van der Waals surface area (Å²) in [7, 11) is 0. The minimum Gasteiger partial charge on any atom is -0.314 e. The number of nitrogens with zero attached hydrogens (tertiary/aromatic N) is 1. The van der Waals surface area contributed by atoms with E-state index in [1.54, 1.807) is 0 Å². The van der Waals surface area contributed by atoms with Crippen LogP contribution in [0.4, 0.5) is 0 Å². The molecule has 20 heavy (non-hydrogen) atoms. The van der Waals surface area contributed by atoms with Crippen molar-refractivity contribution in [3.05, 3.63) is 34.9 Å². The highest BCUT2D eigenvalue weighted by Gasteiger charge is 2.21. The van der Waals surface area contributed by atoms with Gasteiger partial charge in [-0.15, -0.1) is 0 Å². The molecule has 0 spiro atoms. The maximum absolute atomic E-state index is 3.47. The number of nitrogens with one attached hydrogen (secondary N) is 1. The number of rotatable bonds is 6. The van der Waals surface area contributed by atoms with Crippen LogP contribution >= 0.6 is 0 Å². The SMILES string of the molecule is CCCCC[C@@H](c1cc(C)cc(C)c1)N1CCNCC1. The predicted molar refractivity (Wildman–Crippen MR) is 87.2 cm³/mol. The van der Waals surface area contributed by atoms with Crippen molar-refractivity contribution in [1.82, 2.24) is 10.2 Å². The second kappa shape index (κ2) is 7.80. The molecule has 1 aliphatic heterocycles. The van der Waals surface area contributed by atoms with E-state index in [1.807, 2.05) is 0 Å². The van der Waals surface area contributed by atoms with E-state index in [1.165, 1.54) is 55.5 Å². The maximum atomic E-state index is 3.47. The van der Waals surface area contributed by atoms with Crippen LogP contribution in [0.1, 0.15) is 55.3 Å². The summed E-state index contributed by atoms with van der Waals surface area (Å²) < 4.78 is 0. The highest BCUT2D eigenvalue weighted by atomic mass is 15.2. The van der Waals surface area contributed by atoms with Gasteiger partial charge in [0.25, 0.3) is 0 Å². The molecule has 0 bridgehead atoms. The van der Waals surface area contributed by atoms with Crippen LogP contribution in [0.5, 0.6) is 0 Å². The molecule has 112 valence electrons. The molecular weight excluding hydrogens is 244 g/mol. The normalized spacial score (nSPS) is 18.1. The number of aryl methyl sites for hydroxylation is 2. The van der Waals surface area contributed by atoms with Gasteiger partial charge in [0, 0.05) is 32.2 Å². The molecule has 1 atom stereocenters. The zero-order valence-electron chi connectivity index (χ0n) is 13.4. The van der Waals surface area contributed by atoms with Crippen LogP contribution in [0, 0.1) is 13.8 Å². The van der Waals surface area contributed by atoms with Crippen molar-refractivity contribution in [3.63, 3.8) is 0 Å². The Hall–Kier alpha value is -0.860. The molecule has 0 aliphatic carbocycles. The fraction of sp³-hybridized carbons (Fsp3) is 0.667. The lowest BCUT2D eigenvalue weighted by Crippen LogP contribution is -2.45. The van der Waals surface area contributed by atoms with Crippen LogP contribution in [0.15, 0.2) is 18.2 Å². The highest BCUT2D eigenvalue weighted by Crippen LogP contribution is 2.28. The molecular formula is C18H30N2. The van der Waals surface area contributed by atoms with E-state index >= 15 is 0 Å². The van der Waals surface area contributed by atoms with Gasteiger partial charge in [-0.25, -0.2) is 0 Å². The first-order chi connectivity index (χ1) is 9.70.